The maximum absolute atomic E-state index is 10.3. The number of urea groups is 1. The molecule has 13 heavy (non-hydrogen) atoms. The molecule has 0 aromatic carbocycles. The van der Waals surface area contributed by atoms with Gasteiger partial charge < -0.3 is 5.73 Å². The fourth-order valence-electron chi connectivity index (χ4n) is 0.833. The van der Waals surface area contributed by atoms with Gasteiger partial charge in [0.25, 0.3) is 0 Å². The molecular formula is C8H11N4O+. The average Bonchev–Trinajstić information content (AvgIpc) is 2.08. The van der Waals surface area contributed by atoms with Crippen LogP contribution >= 0.6 is 0 Å². The second-order valence-electron chi connectivity index (χ2n) is 2.47. The fraction of sp³-hybridized carbons (Fsp3) is 0.125. The van der Waals surface area contributed by atoms with Gasteiger partial charge in [-0.2, -0.15) is 5.10 Å². The van der Waals surface area contributed by atoms with E-state index in [4.69, 9.17) is 5.73 Å². The molecule has 0 saturated carbocycles. The van der Waals surface area contributed by atoms with Gasteiger partial charge in [-0.3, -0.25) is 0 Å². The van der Waals surface area contributed by atoms with E-state index in [2.05, 4.69) is 10.5 Å². The molecule has 1 rings (SSSR count). The lowest BCUT2D eigenvalue weighted by Gasteiger charge is -1.92. The lowest BCUT2D eigenvalue weighted by atomic mass is 10.4. The smallest absolute Gasteiger partial charge is 0.332 e. The minimum atomic E-state index is -0.671. The van der Waals surface area contributed by atoms with Gasteiger partial charge in [0.2, 0.25) is 5.69 Å². The summed E-state index contributed by atoms with van der Waals surface area (Å²) in [5.41, 5.74) is 7.81. The molecule has 0 atom stereocenters. The molecule has 0 aliphatic heterocycles. The van der Waals surface area contributed by atoms with E-state index >= 15 is 0 Å². The van der Waals surface area contributed by atoms with Gasteiger partial charge in [0, 0.05) is 12.1 Å². The lowest BCUT2D eigenvalue weighted by Crippen LogP contribution is -2.33. The maximum atomic E-state index is 10.3. The van der Waals surface area contributed by atoms with Gasteiger partial charge >= 0.3 is 6.03 Å². The number of aromatic nitrogens is 1. The van der Waals surface area contributed by atoms with E-state index in [-0.39, 0.29) is 0 Å². The number of primary amides is 1. The molecule has 1 aromatic rings. The predicted molar refractivity (Wildman–Crippen MR) is 47.9 cm³/mol. The molecule has 3 N–H and O–H groups in total. The van der Waals surface area contributed by atoms with Crippen LogP contribution in [0.5, 0.6) is 0 Å². The van der Waals surface area contributed by atoms with E-state index in [0.29, 0.717) is 0 Å². The summed E-state index contributed by atoms with van der Waals surface area (Å²) in [6.07, 6.45) is 3.40. The van der Waals surface area contributed by atoms with Crippen LogP contribution in [0.4, 0.5) is 4.79 Å². The second kappa shape index (κ2) is 4.20. The normalized spacial score (nSPS) is 10.2. The first-order chi connectivity index (χ1) is 6.20. The summed E-state index contributed by atoms with van der Waals surface area (Å²) in [5.74, 6) is 0. The quantitative estimate of drug-likeness (QED) is 0.359. The summed E-state index contributed by atoms with van der Waals surface area (Å²) < 4.78 is 1.87. The van der Waals surface area contributed by atoms with Crippen LogP contribution in [0, 0.1) is 0 Å². The molecule has 0 unspecified atom stereocenters. The Hall–Kier alpha value is -1.91. The third-order valence-corrected chi connectivity index (χ3v) is 1.47. The average molecular weight is 179 g/mol. The zero-order chi connectivity index (χ0) is 9.68. The van der Waals surface area contributed by atoms with E-state index in [9.17, 15) is 4.79 Å². The van der Waals surface area contributed by atoms with Crippen molar-refractivity contribution in [3.8, 4) is 0 Å². The van der Waals surface area contributed by atoms with Crippen LogP contribution in [0.15, 0.2) is 29.5 Å². The first kappa shape index (κ1) is 9.18. The minimum Gasteiger partial charge on any atom is -0.350 e. The Labute approximate surface area is 75.9 Å². The van der Waals surface area contributed by atoms with Crippen LogP contribution in [-0.2, 0) is 7.05 Å². The molecule has 0 aliphatic rings. The summed E-state index contributed by atoms with van der Waals surface area (Å²) >= 11 is 0. The third kappa shape index (κ3) is 2.90. The molecule has 0 aliphatic carbocycles. The van der Waals surface area contributed by atoms with Crippen LogP contribution in [0.2, 0.25) is 0 Å². The summed E-state index contributed by atoms with van der Waals surface area (Å²) in [6.45, 7) is 0. The number of nitrogens with one attached hydrogen (secondary N) is 1. The molecule has 1 aromatic heterocycles. The molecule has 0 bridgehead atoms. The molecule has 0 radical (unpaired) electrons. The highest BCUT2D eigenvalue weighted by molar-refractivity contribution is 5.78. The number of nitrogens with two attached hydrogens (primary N) is 1. The number of pyridine rings is 1. The molecule has 1 heterocycles. The van der Waals surface area contributed by atoms with Crippen LogP contribution in [-0.4, -0.2) is 12.2 Å². The highest BCUT2D eigenvalue weighted by Gasteiger charge is 1.99. The van der Waals surface area contributed by atoms with Gasteiger partial charge in [0.1, 0.15) is 13.3 Å². The molecule has 2 amide bonds. The van der Waals surface area contributed by atoms with Crippen molar-refractivity contribution in [2.45, 2.75) is 0 Å². The van der Waals surface area contributed by atoms with Crippen molar-refractivity contribution in [3.05, 3.63) is 30.1 Å². The zero-order valence-corrected chi connectivity index (χ0v) is 7.27. The van der Waals surface area contributed by atoms with Crippen molar-refractivity contribution in [1.82, 2.24) is 5.43 Å². The molecule has 0 spiro atoms. The number of amides is 2. The highest BCUT2D eigenvalue weighted by Crippen LogP contribution is 1.84. The summed E-state index contributed by atoms with van der Waals surface area (Å²) in [5, 5.41) is 3.63. The van der Waals surface area contributed by atoms with E-state index in [1.807, 2.05) is 36.0 Å². The summed E-state index contributed by atoms with van der Waals surface area (Å²) in [7, 11) is 1.88. The first-order valence-corrected chi connectivity index (χ1v) is 3.73. The van der Waals surface area contributed by atoms with Crippen molar-refractivity contribution in [2.24, 2.45) is 17.9 Å². The predicted octanol–water partition coefficient (Wildman–Crippen LogP) is -0.487. The topological polar surface area (TPSA) is 71.4 Å². The molecule has 0 saturated heterocycles. The fourth-order valence-corrected chi connectivity index (χ4v) is 0.833. The lowest BCUT2D eigenvalue weighted by molar-refractivity contribution is -0.672. The van der Waals surface area contributed by atoms with Gasteiger partial charge in [0.15, 0.2) is 6.20 Å². The number of carbonyl (C=O) groups is 1. The van der Waals surface area contributed by atoms with E-state index in [1.54, 1.807) is 0 Å². The molecule has 68 valence electrons. The third-order valence-electron chi connectivity index (χ3n) is 1.47. The van der Waals surface area contributed by atoms with Crippen LogP contribution in [0.3, 0.4) is 0 Å². The Kier molecular flexibility index (Phi) is 2.97. The van der Waals surface area contributed by atoms with Gasteiger partial charge in [-0.25, -0.2) is 14.8 Å². The van der Waals surface area contributed by atoms with Crippen LogP contribution in [0.1, 0.15) is 5.69 Å². The number of nitrogens with zero attached hydrogens (tertiary/aromatic N) is 2. The van der Waals surface area contributed by atoms with Crippen molar-refractivity contribution in [2.75, 3.05) is 0 Å². The van der Waals surface area contributed by atoms with Gasteiger partial charge in [0.05, 0.1) is 0 Å². The first-order valence-electron chi connectivity index (χ1n) is 3.73. The van der Waals surface area contributed by atoms with Gasteiger partial charge in [-0.05, 0) is 6.07 Å². The van der Waals surface area contributed by atoms with Gasteiger partial charge in [-0.15, -0.1) is 0 Å². The second-order valence-corrected chi connectivity index (χ2v) is 2.47. The number of hydrogen-bond acceptors (Lipinski definition) is 2. The Balaban J connectivity index is 2.68. The molecule has 0 fully saturated rings. The van der Waals surface area contributed by atoms with Crippen LogP contribution < -0.4 is 15.7 Å². The van der Waals surface area contributed by atoms with Crippen molar-refractivity contribution < 1.29 is 9.36 Å². The molecule has 5 heteroatoms. The van der Waals surface area contributed by atoms with E-state index < -0.39 is 6.03 Å². The molecule has 5 nitrogen and oxygen atoms in total. The largest absolute Gasteiger partial charge is 0.350 e. The summed E-state index contributed by atoms with van der Waals surface area (Å²) in [6, 6.07) is 4.98. The standard InChI is InChI=1S/C8H10N4O/c1-12-5-3-2-4-7(12)6-10-11-8(9)13/h2-6H,1H3,(H2,9,13)/p+1. The minimum absolute atomic E-state index is 0.671. The number of hydrazone groups is 1. The van der Waals surface area contributed by atoms with Crippen molar-refractivity contribution in [1.29, 1.82) is 0 Å². The number of carbonyl (C=O) groups excluding carboxylic acids is 1. The zero-order valence-electron chi connectivity index (χ0n) is 7.27. The number of hydrogen-bond donors (Lipinski definition) is 2. The Morgan fingerprint density at radius 2 is 2.46 bits per heavy atom. The van der Waals surface area contributed by atoms with Crippen molar-refractivity contribution in [3.63, 3.8) is 0 Å². The van der Waals surface area contributed by atoms with Crippen molar-refractivity contribution >= 4 is 12.2 Å². The number of aryl methyl sites for hydroxylation is 1. The Morgan fingerprint density at radius 3 is 3.08 bits per heavy atom. The van der Waals surface area contributed by atoms with E-state index in [1.165, 1.54) is 6.21 Å². The number of rotatable bonds is 2. The van der Waals surface area contributed by atoms with Gasteiger partial charge in [-0.1, -0.05) is 0 Å². The molecular weight excluding hydrogens is 168 g/mol. The summed E-state index contributed by atoms with van der Waals surface area (Å²) in [4.78, 5) is 10.3. The van der Waals surface area contributed by atoms with E-state index in [0.717, 1.165) is 5.69 Å². The Bertz CT molecular complexity index is 335. The SMILES string of the molecule is C[n+]1ccccc1C=NNC(N)=O. The maximum Gasteiger partial charge on any atom is 0.332 e. The Morgan fingerprint density at radius 1 is 1.69 bits per heavy atom. The van der Waals surface area contributed by atoms with Crippen LogP contribution in [0.25, 0.3) is 0 Å². The highest BCUT2D eigenvalue weighted by atomic mass is 16.2. The monoisotopic (exact) mass is 179 g/mol.